The van der Waals surface area contributed by atoms with Gasteiger partial charge in [0.2, 0.25) is 0 Å². The van der Waals surface area contributed by atoms with E-state index in [1.54, 1.807) is 0 Å². The minimum atomic E-state index is 1.16. The van der Waals surface area contributed by atoms with E-state index in [4.69, 9.17) is 0 Å². The van der Waals surface area contributed by atoms with Crippen LogP contribution in [0, 0.1) is 13.8 Å². The summed E-state index contributed by atoms with van der Waals surface area (Å²) < 4.78 is 4.89. The van der Waals surface area contributed by atoms with E-state index < -0.39 is 0 Å². The van der Waals surface area contributed by atoms with Gasteiger partial charge >= 0.3 is 0 Å². The van der Waals surface area contributed by atoms with Crippen molar-refractivity contribution in [2.24, 2.45) is 0 Å². The molecule has 4 nitrogen and oxygen atoms in total. The molecule has 54 heavy (non-hydrogen) atoms. The maximum Gasteiger partial charge on any atom is 0.0783 e. The van der Waals surface area contributed by atoms with Gasteiger partial charge in [0, 0.05) is 32.9 Å². The molecular formula is C50H34N4. The normalized spacial score (nSPS) is 12.9. The Morgan fingerprint density at radius 1 is 0.315 bits per heavy atom. The summed E-state index contributed by atoms with van der Waals surface area (Å²) in [7, 11) is 0. The third kappa shape index (κ3) is 3.81. The maximum absolute atomic E-state index is 2.44. The lowest BCUT2D eigenvalue weighted by molar-refractivity contribution is 1.11. The number of para-hydroxylation sites is 8. The van der Waals surface area contributed by atoms with Crippen LogP contribution in [0.5, 0.6) is 0 Å². The first-order valence-electron chi connectivity index (χ1n) is 18.7. The van der Waals surface area contributed by atoms with Crippen molar-refractivity contribution in [3.8, 4) is 22.5 Å². The topological polar surface area (TPSA) is 16.3 Å². The zero-order valence-corrected chi connectivity index (χ0v) is 30.0. The number of rotatable bonds is 3. The van der Waals surface area contributed by atoms with Gasteiger partial charge in [-0.3, -0.25) is 0 Å². The SMILES string of the molecule is Cc1cc(N2c3ccccc3-n3c4ccccc4c4cccc2c43)ccc1-c1ccc(N2c3ccccc3-n3c4ccccc4c4cccc2c43)cc1C. The standard InChI is InChI=1S/C50H34N4/c1-31-29-33(51-43-19-7-9-21-45(43)53-41-17-5-3-13-37(41)39-15-11-23-47(51)49(39)53)25-27-35(31)36-28-26-34(30-32(36)2)52-44-20-8-10-22-46(44)54-42-18-6-4-14-38(42)40-16-12-24-48(52)50(40)54/h3-30H,1-2H3. The summed E-state index contributed by atoms with van der Waals surface area (Å²) >= 11 is 0. The lowest BCUT2D eigenvalue weighted by Crippen LogP contribution is -2.18. The highest BCUT2D eigenvalue weighted by Gasteiger charge is 2.30. The van der Waals surface area contributed by atoms with Gasteiger partial charge in [-0.1, -0.05) is 97.1 Å². The van der Waals surface area contributed by atoms with Crippen molar-refractivity contribution in [3.63, 3.8) is 0 Å². The van der Waals surface area contributed by atoms with Crippen LogP contribution in [0.4, 0.5) is 34.1 Å². The van der Waals surface area contributed by atoms with Crippen molar-refractivity contribution in [2.45, 2.75) is 13.8 Å². The van der Waals surface area contributed by atoms with Gasteiger partial charge in [-0.2, -0.15) is 0 Å². The van der Waals surface area contributed by atoms with Gasteiger partial charge in [-0.25, -0.2) is 0 Å². The van der Waals surface area contributed by atoms with Crippen molar-refractivity contribution in [3.05, 3.63) is 181 Å². The monoisotopic (exact) mass is 690 g/mol. The lowest BCUT2D eigenvalue weighted by Gasteiger charge is -2.34. The van der Waals surface area contributed by atoms with Crippen LogP contribution in [0.1, 0.15) is 11.1 Å². The summed E-state index contributed by atoms with van der Waals surface area (Å²) in [6.45, 7) is 4.50. The van der Waals surface area contributed by atoms with E-state index >= 15 is 0 Å². The number of nitrogens with zero attached hydrogens (tertiary/aromatic N) is 4. The Kier molecular flexibility index (Phi) is 5.88. The number of anilines is 6. The Hall–Kier alpha value is -7.04. The van der Waals surface area contributed by atoms with Crippen molar-refractivity contribution in [2.75, 3.05) is 9.80 Å². The van der Waals surface area contributed by atoms with Crippen molar-refractivity contribution in [1.29, 1.82) is 0 Å². The molecule has 0 bridgehead atoms. The number of hydrogen-bond donors (Lipinski definition) is 0. The molecule has 8 aromatic carbocycles. The predicted octanol–water partition coefficient (Wildman–Crippen LogP) is 13.7. The molecule has 4 heteroatoms. The molecule has 12 rings (SSSR count). The molecule has 0 amide bonds. The Bertz CT molecular complexity index is 3000. The van der Waals surface area contributed by atoms with Crippen LogP contribution < -0.4 is 9.80 Å². The molecular weight excluding hydrogens is 657 g/mol. The smallest absolute Gasteiger partial charge is 0.0783 e. The summed E-state index contributed by atoms with van der Waals surface area (Å²) in [6, 6.07) is 62.5. The molecule has 4 heterocycles. The minimum absolute atomic E-state index is 1.16. The summed E-state index contributed by atoms with van der Waals surface area (Å²) in [5.74, 6) is 0. The second-order valence-corrected chi connectivity index (χ2v) is 14.7. The summed E-state index contributed by atoms with van der Waals surface area (Å²) in [4.78, 5) is 4.88. The summed E-state index contributed by atoms with van der Waals surface area (Å²) in [5, 5.41) is 5.12. The van der Waals surface area contributed by atoms with Crippen LogP contribution in [0.2, 0.25) is 0 Å². The molecule has 0 radical (unpaired) electrons. The first-order valence-corrected chi connectivity index (χ1v) is 18.7. The number of aromatic nitrogens is 2. The molecule has 0 spiro atoms. The molecule has 2 aliphatic rings. The van der Waals surface area contributed by atoms with Gasteiger partial charge in [-0.05, 0) is 109 Å². The van der Waals surface area contributed by atoms with Gasteiger partial charge < -0.3 is 18.9 Å². The Morgan fingerprint density at radius 3 is 1.13 bits per heavy atom. The molecule has 0 aliphatic carbocycles. The van der Waals surface area contributed by atoms with E-state index in [-0.39, 0.29) is 0 Å². The van der Waals surface area contributed by atoms with E-state index in [0.717, 1.165) is 11.4 Å². The molecule has 2 aromatic heterocycles. The predicted molar refractivity (Wildman–Crippen MR) is 227 cm³/mol. The van der Waals surface area contributed by atoms with Crippen LogP contribution in [-0.4, -0.2) is 9.13 Å². The highest BCUT2D eigenvalue weighted by Crippen LogP contribution is 2.52. The molecule has 0 N–H and O–H groups in total. The molecule has 0 saturated heterocycles. The first kappa shape index (κ1) is 29.5. The van der Waals surface area contributed by atoms with Gasteiger partial charge in [0.25, 0.3) is 0 Å². The van der Waals surface area contributed by atoms with Crippen molar-refractivity contribution < 1.29 is 0 Å². The molecule has 0 fully saturated rings. The number of benzene rings is 8. The van der Waals surface area contributed by atoms with Crippen LogP contribution in [0.15, 0.2) is 170 Å². The van der Waals surface area contributed by atoms with E-state index in [1.165, 1.54) is 100.0 Å². The van der Waals surface area contributed by atoms with Crippen molar-refractivity contribution >= 4 is 77.7 Å². The van der Waals surface area contributed by atoms with Crippen LogP contribution in [-0.2, 0) is 0 Å². The van der Waals surface area contributed by atoms with Crippen LogP contribution in [0.3, 0.4) is 0 Å². The highest BCUT2D eigenvalue weighted by atomic mass is 15.2. The number of aryl methyl sites for hydroxylation is 2. The largest absolute Gasteiger partial charge is 0.306 e. The van der Waals surface area contributed by atoms with Crippen molar-refractivity contribution in [1.82, 2.24) is 9.13 Å². The summed E-state index contributed by atoms with van der Waals surface area (Å²) in [6.07, 6.45) is 0. The fourth-order valence-corrected chi connectivity index (χ4v) is 9.54. The quantitative estimate of drug-likeness (QED) is 0.183. The second kappa shape index (κ2) is 10.8. The Balaban J connectivity index is 0.978. The molecule has 2 aliphatic heterocycles. The molecule has 0 saturated carbocycles. The first-order chi connectivity index (χ1) is 26.7. The number of hydrogen-bond acceptors (Lipinski definition) is 2. The second-order valence-electron chi connectivity index (χ2n) is 14.7. The van der Waals surface area contributed by atoms with E-state index in [2.05, 4.69) is 203 Å². The average Bonchev–Trinajstić information content (AvgIpc) is 3.74. The van der Waals surface area contributed by atoms with Gasteiger partial charge in [0.1, 0.15) is 0 Å². The summed E-state index contributed by atoms with van der Waals surface area (Å²) in [5.41, 5.74) is 19.5. The Labute approximate surface area is 313 Å². The highest BCUT2D eigenvalue weighted by molar-refractivity contribution is 6.18. The van der Waals surface area contributed by atoms with E-state index in [1.807, 2.05) is 0 Å². The van der Waals surface area contributed by atoms with Gasteiger partial charge in [0.15, 0.2) is 0 Å². The zero-order chi connectivity index (χ0) is 35.7. The minimum Gasteiger partial charge on any atom is -0.306 e. The lowest BCUT2D eigenvalue weighted by atomic mass is 9.94. The fraction of sp³-hybridized carbons (Fsp3) is 0.0400. The fourth-order valence-electron chi connectivity index (χ4n) is 9.54. The van der Waals surface area contributed by atoms with Gasteiger partial charge in [-0.15, -0.1) is 0 Å². The van der Waals surface area contributed by atoms with Crippen LogP contribution >= 0.6 is 0 Å². The van der Waals surface area contributed by atoms with Crippen LogP contribution in [0.25, 0.3) is 66.1 Å². The Morgan fingerprint density at radius 2 is 0.685 bits per heavy atom. The third-order valence-electron chi connectivity index (χ3n) is 11.8. The molecule has 0 atom stereocenters. The molecule has 10 aromatic rings. The molecule has 0 unspecified atom stereocenters. The van der Waals surface area contributed by atoms with E-state index in [0.29, 0.717) is 0 Å². The van der Waals surface area contributed by atoms with E-state index in [9.17, 15) is 0 Å². The van der Waals surface area contributed by atoms with Gasteiger partial charge in [0.05, 0.1) is 56.2 Å². The number of fused-ring (bicyclic) bond motifs is 10. The maximum atomic E-state index is 2.44. The zero-order valence-electron chi connectivity index (χ0n) is 30.0. The average molecular weight is 691 g/mol. The third-order valence-corrected chi connectivity index (χ3v) is 11.8. The molecule has 254 valence electrons.